The van der Waals surface area contributed by atoms with Gasteiger partial charge < -0.3 is 5.32 Å². The number of halogens is 1. The van der Waals surface area contributed by atoms with Gasteiger partial charge in [-0.2, -0.15) is 5.10 Å². The van der Waals surface area contributed by atoms with Gasteiger partial charge in [0, 0.05) is 6.42 Å². The van der Waals surface area contributed by atoms with Crippen molar-refractivity contribution in [3.63, 3.8) is 0 Å². The van der Waals surface area contributed by atoms with Crippen molar-refractivity contribution in [1.82, 2.24) is 10.7 Å². The summed E-state index contributed by atoms with van der Waals surface area (Å²) in [5.41, 5.74) is 3.00. The first-order valence-corrected chi connectivity index (χ1v) is 9.96. The van der Waals surface area contributed by atoms with Gasteiger partial charge in [-0.05, 0) is 24.1 Å². The van der Waals surface area contributed by atoms with Crippen molar-refractivity contribution in [2.24, 2.45) is 5.10 Å². The molecule has 0 radical (unpaired) electrons. The number of hydrogen-bond donors (Lipinski definition) is 2. The van der Waals surface area contributed by atoms with Crippen molar-refractivity contribution in [3.05, 3.63) is 35.6 Å². The van der Waals surface area contributed by atoms with E-state index in [1.165, 1.54) is 56.9 Å². The van der Waals surface area contributed by atoms with Crippen LogP contribution >= 0.6 is 0 Å². The molecule has 6 heteroatoms. The lowest BCUT2D eigenvalue weighted by atomic mass is 10.1. The molecule has 0 fully saturated rings. The smallest absolute Gasteiger partial charge is 0.259 e. The molecule has 1 aromatic carbocycles. The number of hydrazone groups is 1. The minimum absolute atomic E-state index is 0.100. The first kappa shape index (κ1) is 22.8. The number of unbranched alkanes of at least 4 members (excludes halogenated alkanes) is 8. The SMILES string of the molecule is CCCCCCCCCCCC(=O)NCC(=O)N/N=C/c1ccc(F)cc1. The number of nitrogens with zero attached hydrogens (tertiary/aromatic N) is 1. The fourth-order valence-corrected chi connectivity index (χ4v) is 2.63. The highest BCUT2D eigenvalue weighted by Gasteiger charge is 2.04. The number of nitrogens with one attached hydrogen (secondary N) is 2. The van der Waals surface area contributed by atoms with Gasteiger partial charge in [0.25, 0.3) is 5.91 Å². The normalized spacial score (nSPS) is 10.9. The fraction of sp³-hybridized carbons (Fsp3) is 0.571. The number of benzene rings is 1. The maximum absolute atomic E-state index is 12.8. The van der Waals surface area contributed by atoms with E-state index in [4.69, 9.17) is 0 Å². The number of rotatable bonds is 14. The maximum Gasteiger partial charge on any atom is 0.259 e. The Morgan fingerprint density at radius 1 is 0.926 bits per heavy atom. The van der Waals surface area contributed by atoms with Gasteiger partial charge >= 0.3 is 0 Å². The molecule has 2 amide bonds. The number of carbonyl (C=O) groups is 2. The van der Waals surface area contributed by atoms with E-state index in [1.54, 1.807) is 12.1 Å². The summed E-state index contributed by atoms with van der Waals surface area (Å²) in [6.45, 7) is 2.12. The van der Waals surface area contributed by atoms with E-state index in [0.29, 0.717) is 12.0 Å². The third kappa shape index (κ3) is 12.7. The summed E-state index contributed by atoms with van der Waals surface area (Å²) < 4.78 is 12.8. The third-order valence-corrected chi connectivity index (χ3v) is 4.23. The van der Waals surface area contributed by atoms with Crippen LogP contribution in [0.4, 0.5) is 4.39 Å². The van der Waals surface area contributed by atoms with E-state index in [1.807, 2.05) is 0 Å². The molecule has 0 aliphatic heterocycles. The molecule has 2 N–H and O–H groups in total. The second-order valence-electron chi connectivity index (χ2n) is 6.70. The Balaban J connectivity index is 2.00. The summed E-state index contributed by atoms with van der Waals surface area (Å²) in [7, 11) is 0. The van der Waals surface area contributed by atoms with Crippen LogP contribution < -0.4 is 10.7 Å². The van der Waals surface area contributed by atoms with Crippen molar-refractivity contribution in [3.8, 4) is 0 Å². The Labute approximate surface area is 161 Å². The number of hydrogen-bond acceptors (Lipinski definition) is 3. The van der Waals surface area contributed by atoms with Gasteiger partial charge in [-0.3, -0.25) is 9.59 Å². The molecule has 0 spiro atoms. The lowest BCUT2D eigenvalue weighted by Crippen LogP contribution is -2.34. The van der Waals surface area contributed by atoms with E-state index in [2.05, 4.69) is 22.8 Å². The lowest BCUT2D eigenvalue weighted by Gasteiger charge is -2.04. The van der Waals surface area contributed by atoms with Gasteiger partial charge in [0.05, 0.1) is 12.8 Å². The van der Waals surface area contributed by atoms with E-state index < -0.39 is 5.91 Å². The molecule has 0 heterocycles. The first-order valence-electron chi connectivity index (χ1n) is 9.96. The van der Waals surface area contributed by atoms with Crippen molar-refractivity contribution >= 4 is 18.0 Å². The molecule has 0 aromatic heterocycles. The third-order valence-electron chi connectivity index (χ3n) is 4.23. The zero-order chi connectivity index (χ0) is 19.7. The molecule has 27 heavy (non-hydrogen) atoms. The topological polar surface area (TPSA) is 70.6 Å². The Morgan fingerprint density at radius 2 is 1.52 bits per heavy atom. The average Bonchev–Trinajstić information content (AvgIpc) is 2.66. The highest BCUT2D eigenvalue weighted by atomic mass is 19.1. The molecule has 0 unspecified atom stereocenters. The van der Waals surface area contributed by atoms with Crippen LogP contribution in [0, 0.1) is 5.82 Å². The predicted octanol–water partition coefficient (Wildman–Crippen LogP) is 4.31. The predicted molar refractivity (Wildman–Crippen MR) is 107 cm³/mol. The van der Waals surface area contributed by atoms with Crippen molar-refractivity contribution < 1.29 is 14.0 Å². The summed E-state index contributed by atoms with van der Waals surface area (Å²) in [5, 5.41) is 6.36. The molecule has 1 rings (SSSR count). The molecule has 150 valence electrons. The molecule has 0 bridgehead atoms. The summed E-state index contributed by atoms with van der Waals surface area (Å²) in [6.07, 6.45) is 12.7. The van der Waals surface area contributed by atoms with Gasteiger partial charge in [-0.25, -0.2) is 9.82 Å². The van der Waals surface area contributed by atoms with Gasteiger partial charge in [0.15, 0.2) is 0 Å². The number of carbonyl (C=O) groups excluding carboxylic acids is 2. The summed E-state index contributed by atoms with van der Waals surface area (Å²) in [5.74, 6) is -0.838. The highest BCUT2D eigenvalue weighted by molar-refractivity contribution is 5.86. The highest BCUT2D eigenvalue weighted by Crippen LogP contribution is 2.10. The first-order chi connectivity index (χ1) is 13.1. The Morgan fingerprint density at radius 3 is 2.15 bits per heavy atom. The average molecular weight is 378 g/mol. The molecule has 0 aliphatic carbocycles. The van der Waals surface area contributed by atoms with Crippen LogP contribution in [0.15, 0.2) is 29.4 Å². The van der Waals surface area contributed by atoms with E-state index in [-0.39, 0.29) is 18.3 Å². The second-order valence-corrected chi connectivity index (χ2v) is 6.70. The van der Waals surface area contributed by atoms with Crippen molar-refractivity contribution in [2.75, 3.05) is 6.54 Å². The monoisotopic (exact) mass is 377 g/mol. The van der Waals surface area contributed by atoms with Gasteiger partial charge in [0.2, 0.25) is 5.91 Å². The Bertz CT molecular complexity index is 573. The second kappa shape index (κ2) is 14.9. The Hall–Kier alpha value is -2.24. The lowest BCUT2D eigenvalue weighted by molar-refractivity contribution is -0.126. The van der Waals surface area contributed by atoms with E-state index in [9.17, 15) is 14.0 Å². The molecule has 0 saturated heterocycles. The molecule has 5 nitrogen and oxygen atoms in total. The van der Waals surface area contributed by atoms with Crippen LogP contribution in [-0.4, -0.2) is 24.6 Å². The van der Waals surface area contributed by atoms with Crippen LogP contribution in [0.3, 0.4) is 0 Å². The Kier molecular flexibility index (Phi) is 12.6. The molecule has 0 atom stereocenters. The van der Waals surface area contributed by atoms with Crippen molar-refractivity contribution in [2.45, 2.75) is 71.1 Å². The van der Waals surface area contributed by atoms with E-state index in [0.717, 1.165) is 19.3 Å². The molecule has 1 aromatic rings. The minimum atomic E-state index is -0.395. The van der Waals surface area contributed by atoms with Crippen LogP contribution in [0.25, 0.3) is 0 Å². The molecular weight excluding hydrogens is 345 g/mol. The van der Waals surface area contributed by atoms with Crippen LogP contribution in [0.1, 0.15) is 76.7 Å². The van der Waals surface area contributed by atoms with E-state index >= 15 is 0 Å². The van der Waals surface area contributed by atoms with Crippen LogP contribution in [-0.2, 0) is 9.59 Å². The van der Waals surface area contributed by atoms with Gasteiger partial charge in [0.1, 0.15) is 5.82 Å². The summed E-state index contributed by atoms with van der Waals surface area (Å²) in [6, 6.07) is 5.74. The van der Waals surface area contributed by atoms with Crippen LogP contribution in [0.5, 0.6) is 0 Å². The molecular formula is C21H32FN3O2. The largest absolute Gasteiger partial charge is 0.347 e. The molecule has 0 aliphatic rings. The minimum Gasteiger partial charge on any atom is -0.347 e. The standard InChI is InChI=1S/C21H32FN3O2/c1-2-3-4-5-6-7-8-9-10-11-20(26)23-17-21(27)25-24-16-18-12-14-19(22)15-13-18/h12-16H,2-11,17H2,1H3,(H,23,26)(H,25,27)/b24-16+. The molecule has 0 saturated carbocycles. The maximum atomic E-state index is 12.8. The van der Waals surface area contributed by atoms with Gasteiger partial charge in [-0.15, -0.1) is 0 Å². The van der Waals surface area contributed by atoms with Crippen molar-refractivity contribution in [1.29, 1.82) is 0 Å². The zero-order valence-electron chi connectivity index (χ0n) is 16.3. The van der Waals surface area contributed by atoms with Crippen LogP contribution in [0.2, 0.25) is 0 Å². The van der Waals surface area contributed by atoms with Gasteiger partial charge in [-0.1, -0.05) is 70.4 Å². The fourth-order valence-electron chi connectivity index (χ4n) is 2.63. The number of amides is 2. The summed E-state index contributed by atoms with van der Waals surface area (Å²) >= 11 is 0. The quantitative estimate of drug-likeness (QED) is 0.288. The zero-order valence-corrected chi connectivity index (χ0v) is 16.3. The summed E-state index contributed by atoms with van der Waals surface area (Å²) in [4.78, 5) is 23.3.